The molecule has 20 heavy (non-hydrogen) atoms. The van der Waals surface area contributed by atoms with Crippen LogP contribution in [-0.4, -0.2) is 38.4 Å². The summed E-state index contributed by atoms with van der Waals surface area (Å²) in [5.41, 5.74) is 2.06. The molecule has 0 aliphatic carbocycles. The molecule has 0 spiro atoms. The fraction of sp³-hybridized carbons (Fsp3) is 0.533. The summed E-state index contributed by atoms with van der Waals surface area (Å²) in [6, 6.07) is 8.57. The smallest absolute Gasteiger partial charge is 0.321 e. The molecule has 1 aromatic carbocycles. The third-order valence-electron chi connectivity index (χ3n) is 3.86. The number of benzene rings is 1. The zero-order valence-corrected chi connectivity index (χ0v) is 11.6. The molecule has 2 heterocycles. The molecule has 2 aliphatic rings. The van der Waals surface area contributed by atoms with Crippen LogP contribution in [0, 0.1) is 0 Å². The molecule has 2 saturated heterocycles. The Hall–Kier alpha value is -1.75. The van der Waals surface area contributed by atoms with Crippen LogP contribution in [0.1, 0.15) is 19.3 Å². The van der Waals surface area contributed by atoms with Gasteiger partial charge >= 0.3 is 6.03 Å². The number of ether oxygens (including phenoxy) is 1. The molecule has 0 saturated carbocycles. The maximum absolute atomic E-state index is 11.6. The molecule has 1 atom stereocenters. The molecule has 0 bridgehead atoms. The first kappa shape index (κ1) is 13.2. The molecule has 2 amide bonds. The standard InChI is InChI=1S/C15H21N3O2/c19-15-16-8-9-18(15)14-5-3-13(4-6-14)17-12-2-1-10-20-11-7-12/h3-6,12,17H,1-2,7-11H2,(H,16,19). The maximum Gasteiger partial charge on any atom is 0.321 e. The predicted molar refractivity (Wildman–Crippen MR) is 79.3 cm³/mol. The third-order valence-corrected chi connectivity index (χ3v) is 3.86. The van der Waals surface area contributed by atoms with Crippen molar-refractivity contribution in [2.75, 3.05) is 36.5 Å². The molecule has 0 radical (unpaired) electrons. The van der Waals surface area contributed by atoms with E-state index < -0.39 is 0 Å². The lowest BCUT2D eigenvalue weighted by atomic mass is 10.1. The van der Waals surface area contributed by atoms with Crippen molar-refractivity contribution < 1.29 is 9.53 Å². The minimum atomic E-state index is -0.00775. The molecule has 2 fully saturated rings. The number of rotatable bonds is 3. The highest BCUT2D eigenvalue weighted by molar-refractivity contribution is 5.94. The SMILES string of the molecule is O=C1NCCN1c1ccc(NC2CCCOCC2)cc1. The minimum absolute atomic E-state index is 0.00775. The van der Waals surface area contributed by atoms with Crippen LogP contribution in [0.2, 0.25) is 0 Å². The number of nitrogens with one attached hydrogen (secondary N) is 2. The quantitative estimate of drug-likeness (QED) is 0.889. The maximum atomic E-state index is 11.6. The largest absolute Gasteiger partial charge is 0.382 e. The normalized spacial score (nSPS) is 23.3. The molecule has 2 N–H and O–H groups in total. The van der Waals surface area contributed by atoms with Gasteiger partial charge in [-0.1, -0.05) is 0 Å². The molecule has 1 aromatic rings. The summed E-state index contributed by atoms with van der Waals surface area (Å²) < 4.78 is 5.47. The van der Waals surface area contributed by atoms with E-state index in [1.807, 2.05) is 24.3 Å². The van der Waals surface area contributed by atoms with Gasteiger partial charge in [0.25, 0.3) is 0 Å². The van der Waals surface area contributed by atoms with Crippen LogP contribution < -0.4 is 15.5 Å². The second-order valence-electron chi connectivity index (χ2n) is 5.31. The van der Waals surface area contributed by atoms with Crippen LogP contribution in [0.25, 0.3) is 0 Å². The number of amides is 2. The Balaban J connectivity index is 1.62. The topological polar surface area (TPSA) is 53.6 Å². The number of hydrogen-bond acceptors (Lipinski definition) is 3. The Labute approximate surface area is 119 Å². The van der Waals surface area contributed by atoms with E-state index in [0.717, 1.165) is 56.9 Å². The fourth-order valence-electron chi connectivity index (χ4n) is 2.74. The molecule has 0 aromatic heterocycles. The molecule has 5 nitrogen and oxygen atoms in total. The minimum Gasteiger partial charge on any atom is -0.382 e. The monoisotopic (exact) mass is 275 g/mol. The number of hydrogen-bond donors (Lipinski definition) is 2. The molecule has 3 rings (SSSR count). The van der Waals surface area contributed by atoms with Crippen molar-refractivity contribution in [1.29, 1.82) is 0 Å². The van der Waals surface area contributed by atoms with Gasteiger partial charge in [0.2, 0.25) is 0 Å². The predicted octanol–water partition coefficient (Wildman–Crippen LogP) is 2.20. The number of anilines is 2. The van der Waals surface area contributed by atoms with E-state index >= 15 is 0 Å². The van der Waals surface area contributed by atoms with Crippen LogP contribution in [0.15, 0.2) is 24.3 Å². The van der Waals surface area contributed by atoms with E-state index in [1.165, 1.54) is 0 Å². The van der Waals surface area contributed by atoms with Crippen LogP contribution >= 0.6 is 0 Å². The van der Waals surface area contributed by atoms with Crippen molar-refractivity contribution in [3.63, 3.8) is 0 Å². The number of carbonyl (C=O) groups is 1. The van der Waals surface area contributed by atoms with E-state index in [1.54, 1.807) is 4.90 Å². The second-order valence-corrected chi connectivity index (χ2v) is 5.31. The summed E-state index contributed by atoms with van der Waals surface area (Å²) >= 11 is 0. The highest BCUT2D eigenvalue weighted by Gasteiger charge is 2.20. The summed E-state index contributed by atoms with van der Waals surface area (Å²) in [6.45, 7) is 3.18. The highest BCUT2D eigenvalue weighted by Crippen LogP contribution is 2.21. The lowest BCUT2D eigenvalue weighted by Gasteiger charge is -2.19. The third kappa shape index (κ3) is 3.04. The van der Waals surface area contributed by atoms with Gasteiger partial charge in [0.15, 0.2) is 0 Å². The summed E-state index contributed by atoms with van der Waals surface area (Å²) in [7, 11) is 0. The van der Waals surface area contributed by atoms with Crippen molar-refractivity contribution in [3.8, 4) is 0 Å². The van der Waals surface area contributed by atoms with Crippen molar-refractivity contribution >= 4 is 17.4 Å². The van der Waals surface area contributed by atoms with Gasteiger partial charge in [-0.3, -0.25) is 4.90 Å². The van der Waals surface area contributed by atoms with Gasteiger partial charge < -0.3 is 15.4 Å². The highest BCUT2D eigenvalue weighted by atomic mass is 16.5. The van der Waals surface area contributed by atoms with Gasteiger partial charge in [-0.15, -0.1) is 0 Å². The van der Waals surface area contributed by atoms with E-state index in [9.17, 15) is 4.79 Å². The Morgan fingerprint density at radius 3 is 2.80 bits per heavy atom. The first-order valence-corrected chi connectivity index (χ1v) is 7.33. The van der Waals surface area contributed by atoms with Gasteiger partial charge in [0.05, 0.1) is 0 Å². The summed E-state index contributed by atoms with van der Waals surface area (Å²) in [6.07, 6.45) is 3.32. The van der Waals surface area contributed by atoms with Crippen LogP contribution in [0.3, 0.4) is 0 Å². The summed E-state index contributed by atoms with van der Waals surface area (Å²) in [5, 5.41) is 6.36. The number of nitrogens with zero attached hydrogens (tertiary/aromatic N) is 1. The second kappa shape index (κ2) is 6.13. The van der Waals surface area contributed by atoms with E-state index in [2.05, 4.69) is 10.6 Å². The van der Waals surface area contributed by atoms with Crippen molar-refractivity contribution in [1.82, 2.24) is 5.32 Å². The number of urea groups is 1. The Bertz CT molecular complexity index is 453. The first-order chi connectivity index (χ1) is 9.83. The van der Waals surface area contributed by atoms with Crippen molar-refractivity contribution in [2.45, 2.75) is 25.3 Å². The van der Waals surface area contributed by atoms with Crippen LogP contribution in [-0.2, 0) is 4.74 Å². The van der Waals surface area contributed by atoms with Gasteiger partial charge in [0, 0.05) is 43.7 Å². The zero-order chi connectivity index (χ0) is 13.8. The molecular weight excluding hydrogens is 254 g/mol. The van der Waals surface area contributed by atoms with Crippen LogP contribution in [0.4, 0.5) is 16.2 Å². The first-order valence-electron chi connectivity index (χ1n) is 7.33. The molecular formula is C15H21N3O2. The zero-order valence-electron chi connectivity index (χ0n) is 11.6. The van der Waals surface area contributed by atoms with Gasteiger partial charge in [0.1, 0.15) is 0 Å². The Morgan fingerprint density at radius 1 is 1.20 bits per heavy atom. The summed E-state index contributed by atoms with van der Waals surface area (Å²) in [5.74, 6) is 0. The lowest BCUT2D eigenvalue weighted by molar-refractivity contribution is 0.144. The van der Waals surface area contributed by atoms with Crippen molar-refractivity contribution in [3.05, 3.63) is 24.3 Å². The van der Waals surface area contributed by atoms with Crippen LogP contribution in [0.5, 0.6) is 0 Å². The van der Waals surface area contributed by atoms with E-state index in [0.29, 0.717) is 6.04 Å². The van der Waals surface area contributed by atoms with E-state index in [4.69, 9.17) is 4.74 Å². The van der Waals surface area contributed by atoms with Gasteiger partial charge in [-0.2, -0.15) is 0 Å². The van der Waals surface area contributed by atoms with Gasteiger partial charge in [-0.25, -0.2) is 4.79 Å². The lowest BCUT2D eigenvalue weighted by Crippen LogP contribution is -2.27. The fourth-order valence-corrected chi connectivity index (χ4v) is 2.74. The van der Waals surface area contributed by atoms with Crippen molar-refractivity contribution in [2.24, 2.45) is 0 Å². The average Bonchev–Trinajstić information content (AvgIpc) is 2.73. The average molecular weight is 275 g/mol. The number of carbonyl (C=O) groups excluding carboxylic acids is 1. The van der Waals surface area contributed by atoms with E-state index in [-0.39, 0.29) is 6.03 Å². The molecule has 1 unspecified atom stereocenters. The molecule has 2 aliphatic heterocycles. The Kier molecular flexibility index (Phi) is 4.06. The molecule has 108 valence electrons. The summed E-state index contributed by atoms with van der Waals surface area (Å²) in [4.78, 5) is 13.4. The molecule has 5 heteroatoms. The Morgan fingerprint density at radius 2 is 2.05 bits per heavy atom. The van der Waals surface area contributed by atoms with Gasteiger partial charge in [-0.05, 0) is 43.5 Å².